The fourth-order valence-corrected chi connectivity index (χ4v) is 1.49. The smallest absolute Gasteiger partial charge is 0.134 e. The van der Waals surface area contributed by atoms with E-state index in [1.165, 1.54) is 12.1 Å². The molecule has 0 aliphatic carbocycles. The molecular weight excluding hydrogens is 223 g/mol. The maximum Gasteiger partial charge on any atom is 0.134 e. The Morgan fingerprint density at radius 2 is 2.24 bits per heavy atom. The van der Waals surface area contributed by atoms with Crippen molar-refractivity contribution in [3.63, 3.8) is 0 Å². The summed E-state index contributed by atoms with van der Waals surface area (Å²) in [7, 11) is 0. The highest BCUT2D eigenvalue weighted by Crippen LogP contribution is 2.20. The molecule has 0 aliphatic rings. The van der Waals surface area contributed by atoms with Gasteiger partial charge in [0, 0.05) is 18.2 Å². The first-order chi connectivity index (χ1) is 8.19. The lowest BCUT2D eigenvalue weighted by Gasteiger charge is -2.08. The Morgan fingerprint density at radius 1 is 1.41 bits per heavy atom. The van der Waals surface area contributed by atoms with Gasteiger partial charge in [-0.3, -0.25) is 0 Å². The van der Waals surface area contributed by atoms with Crippen molar-refractivity contribution in [1.82, 2.24) is 5.16 Å². The molecule has 1 aromatic carbocycles. The minimum Gasteiger partial charge on any atom is -0.487 e. The van der Waals surface area contributed by atoms with Crippen molar-refractivity contribution >= 4 is 0 Å². The summed E-state index contributed by atoms with van der Waals surface area (Å²) in [4.78, 5) is 0. The Labute approximate surface area is 98.2 Å². The van der Waals surface area contributed by atoms with Crippen molar-refractivity contribution in [1.29, 1.82) is 0 Å². The fraction of sp³-hybridized carbons (Fsp3) is 0.250. The Kier molecular flexibility index (Phi) is 3.39. The lowest BCUT2D eigenvalue weighted by atomic mass is 10.2. The average molecular weight is 236 g/mol. The summed E-state index contributed by atoms with van der Waals surface area (Å²) in [6.07, 6.45) is 0. The molecule has 0 fully saturated rings. The molecule has 2 aromatic rings. The Morgan fingerprint density at radius 3 is 2.88 bits per heavy atom. The molecule has 4 nitrogen and oxygen atoms in total. The Bertz CT molecular complexity index is 511. The van der Waals surface area contributed by atoms with Crippen molar-refractivity contribution in [2.24, 2.45) is 5.73 Å². The minimum absolute atomic E-state index is 0.227. The molecule has 5 heteroatoms. The monoisotopic (exact) mass is 236 g/mol. The number of nitrogens with two attached hydrogens (primary N) is 1. The van der Waals surface area contributed by atoms with Crippen LogP contribution in [0.15, 0.2) is 28.8 Å². The van der Waals surface area contributed by atoms with Crippen LogP contribution >= 0.6 is 0 Å². The van der Waals surface area contributed by atoms with Gasteiger partial charge < -0.3 is 15.0 Å². The summed E-state index contributed by atoms with van der Waals surface area (Å²) in [6, 6.07) is 6.04. The number of benzene rings is 1. The minimum atomic E-state index is -0.324. The van der Waals surface area contributed by atoms with Crippen molar-refractivity contribution in [3.8, 4) is 5.75 Å². The summed E-state index contributed by atoms with van der Waals surface area (Å²) >= 11 is 0. The summed E-state index contributed by atoms with van der Waals surface area (Å²) in [5, 5.41) is 3.80. The molecule has 0 radical (unpaired) electrons. The first-order valence-electron chi connectivity index (χ1n) is 5.22. The topological polar surface area (TPSA) is 61.3 Å². The number of ether oxygens (including phenoxy) is 1. The summed E-state index contributed by atoms with van der Waals surface area (Å²) in [6.45, 7) is 2.31. The van der Waals surface area contributed by atoms with Crippen molar-refractivity contribution in [3.05, 3.63) is 47.1 Å². The van der Waals surface area contributed by atoms with Gasteiger partial charge in [0.25, 0.3) is 0 Å². The Balaban J connectivity index is 2.08. The average Bonchev–Trinajstić information content (AvgIpc) is 2.73. The maximum atomic E-state index is 13.0. The molecule has 2 rings (SSSR count). The van der Waals surface area contributed by atoms with Crippen molar-refractivity contribution in [2.75, 3.05) is 0 Å². The Hall–Kier alpha value is -1.88. The van der Waals surface area contributed by atoms with Crippen LogP contribution in [0.25, 0.3) is 0 Å². The molecule has 1 aromatic heterocycles. The number of aromatic nitrogens is 1. The van der Waals surface area contributed by atoms with Crippen LogP contribution in [-0.4, -0.2) is 5.16 Å². The van der Waals surface area contributed by atoms with Gasteiger partial charge in [-0.1, -0.05) is 5.16 Å². The molecule has 0 bridgehead atoms. The number of aryl methyl sites for hydroxylation is 1. The van der Waals surface area contributed by atoms with Crippen LogP contribution in [0.3, 0.4) is 0 Å². The summed E-state index contributed by atoms with van der Waals surface area (Å²) < 4.78 is 23.4. The first-order valence-corrected chi connectivity index (χ1v) is 5.22. The fourth-order valence-electron chi connectivity index (χ4n) is 1.49. The highest BCUT2D eigenvalue weighted by molar-refractivity contribution is 5.33. The van der Waals surface area contributed by atoms with E-state index < -0.39 is 0 Å². The predicted octanol–water partition coefficient (Wildman–Crippen LogP) is 2.16. The number of rotatable bonds is 4. The highest BCUT2D eigenvalue weighted by Gasteiger charge is 2.06. The van der Waals surface area contributed by atoms with Crippen LogP contribution in [0, 0.1) is 12.7 Å². The van der Waals surface area contributed by atoms with Gasteiger partial charge in [0.05, 0.1) is 0 Å². The van der Waals surface area contributed by atoms with E-state index in [0.29, 0.717) is 17.0 Å². The lowest BCUT2D eigenvalue weighted by molar-refractivity contribution is 0.285. The summed E-state index contributed by atoms with van der Waals surface area (Å²) in [5.41, 5.74) is 6.83. The third kappa shape index (κ3) is 2.82. The molecule has 0 aliphatic heterocycles. The van der Waals surface area contributed by atoms with Gasteiger partial charge in [0.2, 0.25) is 0 Å². The largest absolute Gasteiger partial charge is 0.487 e. The van der Waals surface area contributed by atoms with Crippen LogP contribution in [0.1, 0.15) is 17.0 Å². The molecule has 0 unspecified atom stereocenters. The zero-order chi connectivity index (χ0) is 12.3. The van der Waals surface area contributed by atoms with Gasteiger partial charge in [-0.2, -0.15) is 0 Å². The molecule has 0 atom stereocenters. The molecule has 90 valence electrons. The van der Waals surface area contributed by atoms with Gasteiger partial charge >= 0.3 is 0 Å². The second kappa shape index (κ2) is 4.97. The molecule has 0 amide bonds. The van der Waals surface area contributed by atoms with E-state index in [4.69, 9.17) is 15.0 Å². The second-order valence-electron chi connectivity index (χ2n) is 3.67. The van der Waals surface area contributed by atoms with Crippen molar-refractivity contribution in [2.45, 2.75) is 20.1 Å². The van der Waals surface area contributed by atoms with Gasteiger partial charge in [-0.15, -0.1) is 0 Å². The van der Waals surface area contributed by atoms with Crippen LogP contribution < -0.4 is 10.5 Å². The normalized spacial score (nSPS) is 10.5. The van der Waals surface area contributed by atoms with Crippen LogP contribution in [0.2, 0.25) is 0 Å². The van der Waals surface area contributed by atoms with Crippen LogP contribution in [0.5, 0.6) is 5.75 Å². The number of nitrogens with zero attached hydrogens (tertiary/aromatic N) is 1. The third-order valence-corrected chi connectivity index (χ3v) is 2.29. The van der Waals surface area contributed by atoms with E-state index in [1.807, 2.05) is 0 Å². The molecule has 17 heavy (non-hydrogen) atoms. The van der Waals surface area contributed by atoms with Gasteiger partial charge in [-0.25, -0.2) is 4.39 Å². The van der Waals surface area contributed by atoms with Crippen LogP contribution in [-0.2, 0) is 13.2 Å². The van der Waals surface area contributed by atoms with Gasteiger partial charge in [0.15, 0.2) is 0 Å². The van der Waals surface area contributed by atoms with E-state index in [1.54, 1.807) is 19.1 Å². The van der Waals surface area contributed by atoms with Crippen LogP contribution in [0.4, 0.5) is 4.39 Å². The van der Waals surface area contributed by atoms with Crippen molar-refractivity contribution < 1.29 is 13.7 Å². The molecule has 1 heterocycles. The maximum absolute atomic E-state index is 13.0. The number of hydrogen-bond donors (Lipinski definition) is 1. The zero-order valence-corrected chi connectivity index (χ0v) is 9.44. The van der Waals surface area contributed by atoms with E-state index in [0.717, 1.165) is 5.76 Å². The van der Waals surface area contributed by atoms with E-state index in [2.05, 4.69) is 5.16 Å². The number of halogens is 1. The SMILES string of the molecule is Cc1cc(COc2ccc(F)cc2CN)no1. The van der Waals surface area contributed by atoms with E-state index >= 15 is 0 Å². The first kappa shape index (κ1) is 11.6. The molecule has 0 saturated carbocycles. The van der Waals surface area contributed by atoms with E-state index in [-0.39, 0.29) is 19.0 Å². The van der Waals surface area contributed by atoms with Gasteiger partial charge in [0.1, 0.15) is 29.6 Å². The predicted molar refractivity (Wildman–Crippen MR) is 59.9 cm³/mol. The highest BCUT2D eigenvalue weighted by atomic mass is 19.1. The van der Waals surface area contributed by atoms with Gasteiger partial charge in [-0.05, 0) is 25.1 Å². The molecule has 0 spiro atoms. The third-order valence-electron chi connectivity index (χ3n) is 2.29. The molecular formula is C12H13FN2O2. The molecule has 2 N–H and O–H groups in total. The quantitative estimate of drug-likeness (QED) is 0.883. The number of hydrogen-bond acceptors (Lipinski definition) is 4. The molecule has 0 saturated heterocycles. The standard InChI is InChI=1S/C12H13FN2O2/c1-8-4-11(15-17-8)7-16-12-3-2-10(13)5-9(12)6-14/h2-5H,6-7,14H2,1H3. The zero-order valence-electron chi connectivity index (χ0n) is 9.44. The second-order valence-corrected chi connectivity index (χ2v) is 3.67. The summed E-state index contributed by atoms with van der Waals surface area (Å²) in [5.74, 6) is 0.964. The lowest BCUT2D eigenvalue weighted by Crippen LogP contribution is -2.03. The van der Waals surface area contributed by atoms with E-state index in [9.17, 15) is 4.39 Å².